The van der Waals surface area contributed by atoms with Crippen molar-refractivity contribution in [2.45, 2.75) is 44.6 Å². The van der Waals surface area contributed by atoms with Crippen molar-refractivity contribution in [1.29, 1.82) is 0 Å². The quantitative estimate of drug-likeness (QED) is 0.658. The van der Waals surface area contributed by atoms with E-state index in [0.717, 1.165) is 40.4 Å². The van der Waals surface area contributed by atoms with E-state index < -0.39 is 0 Å². The van der Waals surface area contributed by atoms with Crippen LogP contribution in [0.1, 0.15) is 38.5 Å². The Bertz CT molecular complexity index is 976. The molecule has 1 aliphatic carbocycles. The number of nitrogens with one attached hydrogen (secondary N) is 1. The zero-order valence-electron chi connectivity index (χ0n) is 15.4. The van der Waals surface area contributed by atoms with Crippen LogP contribution >= 0.6 is 0 Å². The minimum Gasteiger partial charge on any atom is -0.382 e. The Kier molecular flexibility index (Phi) is 3.88. The van der Waals surface area contributed by atoms with Crippen molar-refractivity contribution in [3.63, 3.8) is 0 Å². The molecule has 1 aromatic carbocycles. The van der Waals surface area contributed by atoms with E-state index in [4.69, 9.17) is 11.5 Å². The van der Waals surface area contributed by atoms with Crippen molar-refractivity contribution < 1.29 is 0 Å². The van der Waals surface area contributed by atoms with E-state index in [1.54, 1.807) is 0 Å². The van der Waals surface area contributed by atoms with Gasteiger partial charge in [0, 0.05) is 29.6 Å². The number of fused-ring (bicyclic) bond motifs is 1. The van der Waals surface area contributed by atoms with Crippen LogP contribution in [-0.4, -0.2) is 32.8 Å². The van der Waals surface area contributed by atoms with Gasteiger partial charge in [0.1, 0.15) is 5.82 Å². The predicted octanol–water partition coefficient (Wildman–Crippen LogP) is 3.34. The SMILES string of the molecule is Nc1nc(-c2ccc3c(N)n[nH]c3c2)cc(N2CCCCC2C2CCC2)n1. The van der Waals surface area contributed by atoms with Crippen molar-refractivity contribution in [3.05, 3.63) is 24.3 Å². The predicted molar refractivity (Wildman–Crippen MR) is 108 cm³/mol. The van der Waals surface area contributed by atoms with Gasteiger partial charge in [-0.15, -0.1) is 0 Å². The number of hydrogen-bond acceptors (Lipinski definition) is 6. The fraction of sp³-hybridized carbons (Fsp3) is 0.450. The molecule has 0 amide bonds. The van der Waals surface area contributed by atoms with Crippen molar-refractivity contribution >= 4 is 28.5 Å². The zero-order chi connectivity index (χ0) is 18.4. The van der Waals surface area contributed by atoms with Crippen LogP contribution in [0, 0.1) is 5.92 Å². The Balaban J connectivity index is 1.53. The summed E-state index contributed by atoms with van der Waals surface area (Å²) in [5.74, 6) is 2.59. The molecule has 2 aromatic heterocycles. The Morgan fingerprint density at radius 3 is 2.70 bits per heavy atom. The molecular weight excluding hydrogens is 338 g/mol. The first kappa shape index (κ1) is 16.4. The maximum atomic E-state index is 6.10. The van der Waals surface area contributed by atoms with Crippen LogP contribution < -0.4 is 16.4 Å². The van der Waals surface area contributed by atoms with Gasteiger partial charge in [0.25, 0.3) is 0 Å². The highest BCUT2D eigenvalue weighted by molar-refractivity contribution is 5.91. The average Bonchev–Trinajstić information content (AvgIpc) is 3.01. The third kappa shape index (κ3) is 2.87. The third-order valence-electron chi connectivity index (χ3n) is 6.16. The van der Waals surface area contributed by atoms with Crippen LogP contribution in [0.5, 0.6) is 0 Å². The number of aromatic nitrogens is 4. The molecule has 1 saturated carbocycles. The molecule has 3 aromatic rings. The first-order chi connectivity index (χ1) is 13.2. The van der Waals surface area contributed by atoms with Gasteiger partial charge >= 0.3 is 0 Å². The van der Waals surface area contributed by atoms with Gasteiger partial charge in [0.2, 0.25) is 5.95 Å². The van der Waals surface area contributed by atoms with Gasteiger partial charge in [-0.05, 0) is 50.2 Å². The van der Waals surface area contributed by atoms with Gasteiger partial charge in [-0.1, -0.05) is 12.5 Å². The van der Waals surface area contributed by atoms with Gasteiger partial charge in [-0.2, -0.15) is 10.1 Å². The van der Waals surface area contributed by atoms with Crippen molar-refractivity contribution in [1.82, 2.24) is 20.2 Å². The molecule has 140 valence electrons. The molecule has 7 nitrogen and oxygen atoms in total. The minimum absolute atomic E-state index is 0.324. The Morgan fingerprint density at radius 1 is 1.00 bits per heavy atom. The highest BCUT2D eigenvalue weighted by atomic mass is 15.2. The second-order valence-electron chi connectivity index (χ2n) is 7.79. The Hall–Kier alpha value is -2.83. The minimum atomic E-state index is 0.324. The lowest BCUT2D eigenvalue weighted by Gasteiger charge is -2.44. The van der Waals surface area contributed by atoms with Crippen LogP contribution in [0.25, 0.3) is 22.2 Å². The zero-order valence-corrected chi connectivity index (χ0v) is 15.4. The van der Waals surface area contributed by atoms with Crippen LogP contribution in [-0.2, 0) is 0 Å². The van der Waals surface area contributed by atoms with Gasteiger partial charge < -0.3 is 16.4 Å². The molecule has 1 saturated heterocycles. The average molecular weight is 363 g/mol. The lowest BCUT2D eigenvalue weighted by molar-refractivity contribution is 0.225. The van der Waals surface area contributed by atoms with Gasteiger partial charge in [-0.3, -0.25) is 5.10 Å². The number of nitrogen functional groups attached to an aromatic ring is 2. The van der Waals surface area contributed by atoms with E-state index in [1.165, 1.54) is 38.5 Å². The molecule has 0 bridgehead atoms. The van der Waals surface area contributed by atoms with E-state index >= 15 is 0 Å². The summed E-state index contributed by atoms with van der Waals surface area (Å²) < 4.78 is 0. The highest BCUT2D eigenvalue weighted by Gasteiger charge is 2.34. The monoisotopic (exact) mass is 363 g/mol. The Labute approximate surface area is 158 Å². The van der Waals surface area contributed by atoms with Crippen LogP contribution in [0.2, 0.25) is 0 Å². The molecule has 2 fully saturated rings. The van der Waals surface area contributed by atoms with E-state index in [2.05, 4.69) is 31.1 Å². The normalized spacial score (nSPS) is 20.7. The van der Waals surface area contributed by atoms with E-state index in [9.17, 15) is 0 Å². The fourth-order valence-electron chi connectivity index (χ4n) is 4.50. The standard InChI is InChI=1S/C20H25N7/c21-19-14-8-7-13(10-16(14)25-26-19)15-11-18(24-20(22)23-15)27-9-2-1-6-17(27)12-4-3-5-12/h7-8,10-12,17H,1-6,9H2,(H3,21,25,26)(H2,22,23,24). The number of aromatic amines is 1. The summed E-state index contributed by atoms with van der Waals surface area (Å²) in [6.07, 6.45) is 7.81. The number of benzene rings is 1. The molecule has 3 heterocycles. The molecule has 7 heteroatoms. The summed E-state index contributed by atoms with van der Waals surface area (Å²) in [4.78, 5) is 11.6. The third-order valence-corrected chi connectivity index (χ3v) is 6.16. The number of piperidine rings is 1. The van der Waals surface area contributed by atoms with E-state index in [0.29, 0.717) is 17.8 Å². The number of nitrogens with two attached hydrogens (primary N) is 2. The van der Waals surface area contributed by atoms with Gasteiger partial charge in [-0.25, -0.2) is 4.98 Å². The molecule has 5 N–H and O–H groups in total. The molecule has 27 heavy (non-hydrogen) atoms. The second kappa shape index (κ2) is 6.40. The number of hydrogen-bond donors (Lipinski definition) is 3. The smallest absolute Gasteiger partial charge is 0.222 e. The fourth-order valence-corrected chi connectivity index (χ4v) is 4.50. The van der Waals surface area contributed by atoms with Gasteiger partial charge in [0.15, 0.2) is 5.82 Å². The molecule has 1 atom stereocenters. The molecule has 1 unspecified atom stereocenters. The number of nitrogens with zero attached hydrogens (tertiary/aromatic N) is 4. The summed E-state index contributed by atoms with van der Waals surface area (Å²) in [5, 5.41) is 7.96. The maximum Gasteiger partial charge on any atom is 0.222 e. The molecule has 0 spiro atoms. The van der Waals surface area contributed by atoms with E-state index in [-0.39, 0.29) is 0 Å². The highest BCUT2D eigenvalue weighted by Crippen LogP contribution is 2.39. The lowest BCUT2D eigenvalue weighted by Crippen LogP contribution is -2.46. The van der Waals surface area contributed by atoms with Crippen LogP contribution in [0.15, 0.2) is 24.3 Å². The van der Waals surface area contributed by atoms with Crippen molar-refractivity contribution in [2.24, 2.45) is 5.92 Å². The summed E-state index contributed by atoms with van der Waals surface area (Å²) in [6, 6.07) is 8.67. The van der Waals surface area contributed by atoms with E-state index in [1.807, 2.05) is 18.2 Å². The summed E-state index contributed by atoms with van der Waals surface area (Å²) >= 11 is 0. The largest absolute Gasteiger partial charge is 0.382 e. The number of anilines is 3. The molecule has 0 radical (unpaired) electrons. The van der Waals surface area contributed by atoms with Crippen LogP contribution in [0.4, 0.5) is 17.6 Å². The second-order valence-corrected chi connectivity index (χ2v) is 7.79. The molecule has 1 aliphatic heterocycles. The lowest BCUT2D eigenvalue weighted by atomic mass is 9.76. The topological polar surface area (TPSA) is 110 Å². The van der Waals surface area contributed by atoms with Crippen LogP contribution in [0.3, 0.4) is 0 Å². The molecule has 2 aliphatic rings. The summed E-state index contributed by atoms with van der Waals surface area (Å²) in [6.45, 7) is 1.05. The van der Waals surface area contributed by atoms with Gasteiger partial charge in [0.05, 0.1) is 11.2 Å². The number of H-pyrrole nitrogens is 1. The summed E-state index contributed by atoms with van der Waals surface area (Å²) in [5.41, 5.74) is 14.7. The summed E-state index contributed by atoms with van der Waals surface area (Å²) in [7, 11) is 0. The molecular formula is C20H25N7. The number of rotatable bonds is 3. The molecule has 5 rings (SSSR count). The first-order valence-corrected chi connectivity index (χ1v) is 9.84. The first-order valence-electron chi connectivity index (χ1n) is 9.84. The Morgan fingerprint density at radius 2 is 1.89 bits per heavy atom. The maximum absolute atomic E-state index is 6.10. The van der Waals surface area contributed by atoms with Crippen molar-refractivity contribution in [3.8, 4) is 11.3 Å². The van der Waals surface area contributed by atoms with Crippen molar-refractivity contribution in [2.75, 3.05) is 22.9 Å².